The highest BCUT2D eigenvalue weighted by atomic mass is 19.1. The Kier molecular flexibility index (Phi) is 5.19. The van der Waals surface area contributed by atoms with Crippen LogP contribution in [0, 0.1) is 15.9 Å². The summed E-state index contributed by atoms with van der Waals surface area (Å²) in [5.74, 6) is -1.41. The van der Waals surface area contributed by atoms with E-state index in [9.17, 15) is 19.3 Å². The van der Waals surface area contributed by atoms with E-state index in [-0.39, 0.29) is 18.8 Å². The van der Waals surface area contributed by atoms with Crippen LogP contribution in [0.1, 0.15) is 6.42 Å². The molecule has 0 saturated carbocycles. The van der Waals surface area contributed by atoms with Crippen molar-refractivity contribution in [2.75, 3.05) is 13.7 Å². The van der Waals surface area contributed by atoms with Gasteiger partial charge in [0.15, 0.2) is 5.75 Å². The van der Waals surface area contributed by atoms with Gasteiger partial charge < -0.3 is 15.2 Å². The lowest BCUT2D eigenvalue weighted by Crippen LogP contribution is -2.33. The SMILES string of the molecule is COC(=O)C(N)CCOc1ccc(F)cc1[N+](=O)[O-]. The summed E-state index contributed by atoms with van der Waals surface area (Å²) < 4.78 is 22.4. The largest absolute Gasteiger partial charge is 0.487 e. The summed E-state index contributed by atoms with van der Waals surface area (Å²) >= 11 is 0. The monoisotopic (exact) mass is 272 g/mol. The van der Waals surface area contributed by atoms with Gasteiger partial charge in [0.05, 0.1) is 24.7 Å². The lowest BCUT2D eigenvalue weighted by Gasteiger charge is -2.10. The standard InChI is InChI=1S/C11H13FN2O5/c1-18-11(15)8(13)4-5-19-10-3-2-7(12)6-9(10)14(16)17/h2-3,6,8H,4-5,13H2,1H3. The molecule has 0 spiro atoms. The number of esters is 1. The zero-order chi connectivity index (χ0) is 14.4. The van der Waals surface area contributed by atoms with E-state index >= 15 is 0 Å². The average Bonchev–Trinajstić information content (AvgIpc) is 2.38. The van der Waals surface area contributed by atoms with Crippen molar-refractivity contribution in [1.82, 2.24) is 0 Å². The second kappa shape index (κ2) is 6.64. The average molecular weight is 272 g/mol. The third-order valence-electron chi connectivity index (χ3n) is 2.31. The fourth-order valence-electron chi connectivity index (χ4n) is 1.32. The van der Waals surface area contributed by atoms with Crippen molar-refractivity contribution in [1.29, 1.82) is 0 Å². The van der Waals surface area contributed by atoms with Crippen molar-refractivity contribution in [3.05, 3.63) is 34.1 Å². The van der Waals surface area contributed by atoms with E-state index in [0.29, 0.717) is 0 Å². The van der Waals surface area contributed by atoms with Crippen LogP contribution < -0.4 is 10.5 Å². The fraction of sp³-hybridized carbons (Fsp3) is 0.364. The number of carbonyl (C=O) groups is 1. The van der Waals surface area contributed by atoms with Crippen LogP contribution in [0.4, 0.5) is 10.1 Å². The number of nitro benzene ring substituents is 1. The Morgan fingerprint density at radius 1 is 1.58 bits per heavy atom. The van der Waals surface area contributed by atoms with Gasteiger partial charge in [-0.2, -0.15) is 0 Å². The summed E-state index contributed by atoms with van der Waals surface area (Å²) in [6.07, 6.45) is 0.126. The smallest absolute Gasteiger partial charge is 0.322 e. The first-order valence-corrected chi connectivity index (χ1v) is 5.36. The van der Waals surface area contributed by atoms with Gasteiger partial charge in [0.1, 0.15) is 11.9 Å². The Morgan fingerprint density at radius 3 is 2.84 bits per heavy atom. The number of nitro groups is 1. The van der Waals surface area contributed by atoms with E-state index in [1.54, 1.807) is 0 Å². The van der Waals surface area contributed by atoms with Gasteiger partial charge in [-0.05, 0) is 12.1 Å². The lowest BCUT2D eigenvalue weighted by molar-refractivity contribution is -0.386. The summed E-state index contributed by atoms with van der Waals surface area (Å²) in [5.41, 5.74) is 4.99. The Balaban J connectivity index is 2.63. The molecule has 1 atom stereocenters. The third kappa shape index (κ3) is 4.18. The summed E-state index contributed by atoms with van der Waals surface area (Å²) in [6.45, 7) is -0.0251. The molecule has 0 amide bonds. The van der Waals surface area contributed by atoms with E-state index in [1.165, 1.54) is 7.11 Å². The Morgan fingerprint density at radius 2 is 2.26 bits per heavy atom. The number of rotatable bonds is 6. The molecule has 0 aliphatic rings. The first-order chi connectivity index (χ1) is 8.95. The summed E-state index contributed by atoms with van der Waals surface area (Å²) in [4.78, 5) is 20.9. The van der Waals surface area contributed by atoms with Gasteiger partial charge in [-0.3, -0.25) is 14.9 Å². The summed E-state index contributed by atoms with van der Waals surface area (Å²) in [6, 6.07) is 2.08. The number of carbonyl (C=O) groups excluding carboxylic acids is 1. The molecular weight excluding hydrogens is 259 g/mol. The maximum absolute atomic E-state index is 12.9. The molecule has 7 nitrogen and oxygen atoms in total. The molecular formula is C11H13FN2O5. The van der Waals surface area contributed by atoms with Gasteiger partial charge in [0.25, 0.3) is 0 Å². The third-order valence-corrected chi connectivity index (χ3v) is 2.31. The fourth-order valence-corrected chi connectivity index (χ4v) is 1.32. The molecule has 0 aromatic heterocycles. The van der Waals surface area contributed by atoms with Gasteiger partial charge in [0, 0.05) is 6.42 Å². The molecule has 0 bridgehead atoms. The van der Waals surface area contributed by atoms with Crippen molar-refractivity contribution in [3.63, 3.8) is 0 Å². The quantitative estimate of drug-likeness (QED) is 0.470. The van der Waals surface area contributed by atoms with Crippen LogP contribution in [-0.4, -0.2) is 30.7 Å². The van der Waals surface area contributed by atoms with Gasteiger partial charge in [-0.25, -0.2) is 4.39 Å². The zero-order valence-corrected chi connectivity index (χ0v) is 10.2. The number of halogens is 1. The number of methoxy groups -OCH3 is 1. The number of hydrogen-bond acceptors (Lipinski definition) is 6. The van der Waals surface area contributed by atoms with E-state index in [4.69, 9.17) is 10.5 Å². The first-order valence-electron chi connectivity index (χ1n) is 5.36. The molecule has 104 valence electrons. The molecule has 0 radical (unpaired) electrons. The number of nitrogens with two attached hydrogens (primary N) is 1. The minimum atomic E-state index is -0.871. The van der Waals surface area contributed by atoms with Crippen molar-refractivity contribution < 1.29 is 23.6 Å². The Bertz CT molecular complexity index is 480. The lowest BCUT2D eigenvalue weighted by atomic mass is 10.2. The highest BCUT2D eigenvalue weighted by Gasteiger charge is 2.18. The van der Waals surface area contributed by atoms with Crippen molar-refractivity contribution in [3.8, 4) is 5.75 Å². The molecule has 1 rings (SSSR count). The minimum Gasteiger partial charge on any atom is -0.487 e. The van der Waals surface area contributed by atoms with Crippen LogP contribution in [-0.2, 0) is 9.53 Å². The van der Waals surface area contributed by atoms with Gasteiger partial charge >= 0.3 is 11.7 Å². The first kappa shape index (κ1) is 14.8. The van der Waals surface area contributed by atoms with Crippen LogP contribution in [0.5, 0.6) is 5.75 Å². The van der Waals surface area contributed by atoms with E-state index in [2.05, 4.69) is 4.74 Å². The van der Waals surface area contributed by atoms with E-state index in [1.807, 2.05) is 0 Å². The van der Waals surface area contributed by atoms with Crippen LogP contribution >= 0.6 is 0 Å². The highest BCUT2D eigenvalue weighted by Crippen LogP contribution is 2.27. The number of hydrogen-bond donors (Lipinski definition) is 1. The predicted molar refractivity (Wildman–Crippen MR) is 63.2 cm³/mol. The van der Waals surface area contributed by atoms with Gasteiger partial charge in [-0.1, -0.05) is 0 Å². The maximum Gasteiger partial charge on any atom is 0.322 e. The van der Waals surface area contributed by atoms with Crippen LogP contribution in [0.2, 0.25) is 0 Å². The zero-order valence-electron chi connectivity index (χ0n) is 10.2. The molecule has 1 unspecified atom stereocenters. The number of benzene rings is 1. The van der Waals surface area contributed by atoms with Crippen molar-refractivity contribution in [2.45, 2.75) is 12.5 Å². The van der Waals surface area contributed by atoms with Crippen molar-refractivity contribution >= 4 is 11.7 Å². The maximum atomic E-state index is 12.9. The molecule has 0 heterocycles. The summed E-state index contributed by atoms with van der Waals surface area (Å²) in [7, 11) is 1.20. The molecule has 2 N–H and O–H groups in total. The van der Waals surface area contributed by atoms with Gasteiger partial charge in [0.2, 0.25) is 0 Å². The van der Waals surface area contributed by atoms with Crippen LogP contribution in [0.25, 0.3) is 0 Å². The minimum absolute atomic E-state index is 0.0251. The second-order valence-electron chi connectivity index (χ2n) is 3.64. The molecule has 0 saturated heterocycles. The normalized spacial score (nSPS) is 11.7. The molecule has 0 aliphatic heterocycles. The van der Waals surface area contributed by atoms with E-state index in [0.717, 1.165) is 18.2 Å². The van der Waals surface area contributed by atoms with Gasteiger partial charge in [-0.15, -0.1) is 0 Å². The molecule has 1 aromatic rings. The predicted octanol–water partition coefficient (Wildman–Crippen LogP) is 1.00. The number of ether oxygens (including phenoxy) is 2. The Hall–Kier alpha value is -2.22. The molecule has 1 aromatic carbocycles. The molecule has 0 aliphatic carbocycles. The van der Waals surface area contributed by atoms with Crippen LogP contribution in [0.15, 0.2) is 18.2 Å². The Labute approximate surface area is 108 Å². The van der Waals surface area contributed by atoms with Crippen molar-refractivity contribution in [2.24, 2.45) is 5.73 Å². The van der Waals surface area contributed by atoms with Crippen LogP contribution in [0.3, 0.4) is 0 Å². The molecule has 19 heavy (non-hydrogen) atoms. The second-order valence-corrected chi connectivity index (χ2v) is 3.64. The number of nitrogens with zero attached hydrogens (tertiary/aromatic N) is 1. The van der Waals surface area contributed by atoms with E-state index < -0.39 is 28.4 Å². The highest BCUT2D eigenvalue weighted by molar-refractivity contribution is 5.75. The topological polar surface area (TPSA) is 105 Å². The molecule has 8 heteroatoms. The molecule has 0 fully saturated rings. The summed E-state index contributed by atoms with van der Waals surface area (Å²) in [5, 5.41) is 10.7.